The number of nitrogens with zero attached hydrogens (tertiary/aromatic N) is 2. The van der Waals surface area contributed by atoms with Gasteiger partial charge in [-0.1, -0.05) is 13.3 Å². The lowest BCUT2D eigenvalue weighted by Gasteiger charge is -2.05. The van der Waals surface area contributed by atoms with E-state index in [0.717, 1.165) is 48.2 Å². The number of aryl methyl sites for hydroxylation is 1. The van der Waals surface area contributed by atoms with Crippen molar-refractivity contribution in [3.8, 4) is 0 Å². The number of halogens is 1. The van der Waals surface area contributed by atoms with Crippen molar-refractivity contribution in [1.29, 1.82) is 0 Å². The number of unbranched alkanes of at least 4 members (excludes halogenated alkanes) is 1. The quantitative estimate of drug-likeness (QED) is 0.608. The van der Waals surface area contributed by atoms with E-state index in [0.29, 0.717) is 4.77 Å². The molecule has 1 N–H and O–H groups in total. The van der Waals surface area contributed by atoms with Crippen LogP contribution in [0.3, 0.4) is 0 Å². The number of hydrogen-bond acceptors (Lipinski definition) is 3. The second-order valence-electron chi connectivity index (χ2n) is 4.43. The molecule has 2 heterocycles. The topological polar surface area (TPSA) is 42.8 Å². The Balaban J connectivity index is 1.97. The summed E-state index contributed by atoms with van der Waals surface area (Å²) in [7, 11) is 0. The van der Waals surface area contributed by atoms with Crippen LogP contribution in [0.2, 0.25) is 0 Å². The summed E-state index contributed by atoms with van der Waals surface area (Å²) in [5.74, 6) is 0. The molecule has 6 heteroatoms. The lowest BCUT2D eigenvalue weighted by atomic mass is 10.3. The summed E-state index contributed by atoms with van der Waals surface area (Å²) in [6, 6.07) is 1.99. The van der Waals surface area contributed by atoms with Gasteiger partial charge in [0.25, 0.3) is 0 Å². The second-order valence-corrected chi connectivity index (χ2v) is 5.73. The first-order chi connectivity index (χ1) is 9.22. The summed E-state index contributed by atoms with van der Waals surface area (Å²) >= 11 is 8.74. The number of H-pyrrole nitrogens is 1. The van der Waals surface area contributed by atoms with E-state index in [2.05, 4.69) is 32.8 Å². The number of aromatic nitrogens is 3. The Morgan fingerprint density at radius 2 is 2.21 bits per heavy atom. The van der Waals surface area contributed by atoms with Crippen LogP contribution < -0.4 is 0 Å². The van der Waals surface area contributed by atoms with E-state index in [1.54, 1.807) is 6.20 Å². The van der Waals surface area contributed by atoms with E-state index in [1.807, 2.05) is 10.6 Å². The highest BCUT2D eigenvalue weighted by molar-refractivity contribution is 9.10. The number of aromatic amines is 1. The van der Waals surface area contributed by atoms with Crippen molar-refractivity contribution in [1.82, 2.24) is 14.5 Å². The molecular weight excluding hydrogens is 326 g/mol. The molecule has 0 saturated carbocycles. The van der Waals surface area contributed by atoms with Crippen molar-refractivity contribution in [2.24, 2.45) is 0 Å². The fraction of sp³-hybridized carbons (Fsp3) is 0.538. The maximum Gasteiger partial charge on any atom is 0.179 e. The number of rotatable bonds is 7. The molecular formula is C13H18BrN3OS. The minimum atomic E-state index is 0.717. The molecule has 0 aliphatic carbocycles. The van der Waals surface area contributed by atoms with Crippen LogP contribution in [-0.2, 0) is 11.3 Å². The number of fused-ring (bicyclic) bond motifs is 1. The van der Waals surface area contributed by atoms with Gasteiger partial charge >= 0.3 is 0 Å². The molecule has 0 aliphatic rings. The molecule has 2 aromatic heterocycles. The maximum atomic E-state index is 5.56. The minimum Gasteiger partial charge on any atom is -0.381 e. The maximum absolute atomic E-state index is 5.56. The van der Waals surface area contributed by atoms with Gasteiger partial charge in [0.1, 0.15) is 0 Å². The first kappa shape index (κ1) is 14.7. The summed E-state index contributed by atoms with van der Waals surface area (Å²) in [6.45, 7) is 4.62. The van der Waals surface area contributed by atoms with Gasteiger partial charge < -0.3 is 14.3 Å². The zero-order chi connectivity index (χ0) is 13.7. The van der Waals surface area contributed by atoms with E-state index in [1.165, 1.54) is 6.42 Å². The summed E-state index contributed by atoms with van der Waals surface area (Å²) in [6.07, 6.45) is 5.04. The van der Waals surface area contributed by atoms with E-state index in [-0.39, 0.29) is 0 Å². The standard InChI is InChI=1S/C13H18BrN3OS/c1-2-3-6-18-7-4-5-17-12-11(16-13(17)19)8-10(14)9-15-12/h8-9H,2-7H2,1H3,(H,16,19). The van der Waals surface area contributed by atoms with Crippen LogP contribution in [0, 0.1) is 4.77 Å². The monoisotopic (exact) mass is 343 g/mol. The Morgan fingerprint density at radius 1 is 1.42 bits per heavy atom. The predicted octanol–water partition coefficient (Wildman–Crippen LogP) is 4.06. The van der Waals surface area contributed by atoms with Gasteiger partial charge in [0.2, 0.25) is 0 Å². The average Bonchev–Trinajstić information content (AvgIpc) is 2.69. The van der Waals surface area contributed by atoms with Crippen LogP contribution in [-0.4, -0.2) is 27.7 Å². The molecule has 104 valence electrons. The Labute approximate surface area is 126 Å². The van der Waals surface area contributed by atoms with Gasteiger partial charge in [-0.05, 0) is 47.1 Å². The molecule has 0 atom stereocenters. The fourth-order valence-electron chi connectivity index (χ4n) is 1.90. The highest BCUT2D eigenvalue weighted by atomic mass is 79.9. The van der Waals surface area contributed by atoms with Crippen molar-refractivity contribution in [2.45, 2.75) is 32.7 Å². The van der Waals surface area contributed by atoms with Crippen LogP contribution in [0.25, 0.3) is 11.2 Å². The van der Waals surface area contributed by atoms with Gasteiger partial charge in [0.05, 0.1) is 5.52 Å². The van der Waals surface area contributed by atoms with Crippen molar-refractivity contribution in [3.05, 3.63) is 21.5 Å². The fourth-order valence-corrected chi connectivity index (χ4v) is 2.52. The van der Waals surface area contributed by atoms with Crippen molar-refractivity contribution >= 4 is 39.3 Å². The summed E-state index contributed by atoms with van der Waals surface area (Å²) in [5, 5.41) is 0. The highest BCUT2D eigenvalue weighted by Gasteiger charge is 2.05. The molecule has 2 rings (SSSR count). The molecule has 2 aromatic rings. The third-order valence-corrected chi connectivity index (χ3v) is 3.64. The zero-order valence-electron chi connectivity index (χ0n) is 11.0. The SMILES string of the molecule is CCCCOCCCn1c(=S)[nH]c2cc(Br)cnc21. The Kier molecular flexibility index (Phi) is 5.54. The smallest absolute Gasteiger partial charge is 0.179 e. The summed E-state index contributed by atoms with van der Waals surface area (Å²) in [4.78, 5) is 7.58. The molecule has 0 amide bonds. The molecule has 4 nitrogen and oxygen atoms in total. The lowest BCUT2D eigenvalue weighted by molar-refractivity contribution is 0.126. The van der Waals surface area contributed by atoms with Crippen molar-refractivity contribution in [3.63, 3.8) is 0 Å². The summed E-state index contributed by atoms with van der Waals surface area (Å²) in [5.41, 5.74) is 1.87. The number of hydrogen-bond donors (Lipinski definition) is 1. The van der Waals surface area contributed by atoms with Gasteiger partial charge in [-0.3, -0.25) is 0 Å². The van der Waals surface area contributed by atoms with Gasteiger partial charge in [-0.25, -0.2) is 4.98 Å². The Bertz CT molecular complexity index is 593. The predicted molar refractivity (Wildman–Crippen MR) is 83.0 cm³/mol. The number of ether oxygens (including phenoxy) is 1. The normalized spacial score (nSPS) is 11.3. The molecule has 0 aromatic carbocycles. The van der Waals surface area contributed by atoms with Gasteiger partial charge in [0, 0.05) is 30.4 Å². The number of imidazole rings is 1. The molecule has 0 radical (unpaired) electrons. The molecule has 0 aliphatic heterocycles. The van der Waals surface area contributed by atoms with Crippen molar-refractivity contribution in [2.75, 3.05) is 13.2 Å². The van der Waals surface area contributed by atoms with Crippen LogP contribution in [0.4, 0.5) is 0 Å². The molecule has 0 unspecified atom stereocenters. The van der Waals surface area contributed by atoms with Gasteiger partial charge in [0.15, 0.2) is 10.4 Å². The highest BCUT2D eigenvalue weighted by Crippen LogP contribution is 2.17. The first-order valence-electron chi connectivity index (χ1n) is 6.54. The second kappa shape index (κ2) is 7.17. The van der Waals surface area contributed by atoms with Crippen molar-refractivity contribution < 1.29 is 4.74 Å². The minimum absolute atomic E-state index is 0.717. The lowest BCUT2D eigenvalue weighted by Crippen LogP contribution is -2.04. The van der Waals surface area contributed by atoms with E-state index >= 15 is 0 Å². The van der Waals surface area contributed by atoms with E-state index in [9.17, 15) is 0 Å². The summed E-state index contributed by atoms with van der Waals surface area (Å²) < 4.78 is 9.25. The van der Waals surface area contributed by atoms with Gasteiger partial charge in [-0.15, -0.1) is 0 Å². The third kappa shape index (κ3) is 3.87. The van der Waals surface area contributed by atoms with Crippen LogP contribution >= 0.6 is 28.1 Å². The van der Waals surface area contributed by atoms with Crippen LogP contribution in [0.1, 0.15) is 26.2 Å². The van der Waals surface area contributed by atoms with E-state index < -0.39 is 0 Å². The largest absolute Gasteiger partial charge is 0.381 e. The average molecular weight is 344 g/mol. The molecule has 0 spiro atoms. The van der Waals surface area contributed by atoms with Crippen LogP contribution in [0.15, 0.2) is 16.7 Å². The molecule has 0 fully saturated rings. The Hall–Kier alpha value is -0.720. The van der Waals surface area contributed by atoms with Gasteiger partial charge in [-0.2, -0.15) is 0 Å². The third-order valence-electron chi connectivity index (χ3n) is 2.89. The molecule has 0 saturated heterocycles. The first-order valence-corrected chi connectivity index (χ1v) is 7.74. The zero-order valence-corrected chi connectivity index (χ0v) is 13.4. The number of pyridine rings is 1. The molecule has 0 bridgehead atoms. The van der Waals surface area contributed by atoms with E-state index in [4.69, 9.17) is 17.0 Å². The molecule has 19 heavy (non-hydrogen) atoms. The van der Waals surface area contributed by atoms with Crippen LogP contribution in [0.5, 0.6) is 0 Å². The number of nitrogens with one attached hydrogen (secondary N) is 1. The Morgan fingerprint density at radius 3 is 3.00 bits per heavy atom.